The maximum atomic E-state index is 11.7. The molecule has 0 saturated heterocycles. The SMILES string of the molecule is CCC(CC)C(Br)c1ccc2c(c1)CC(=O)N2C. The molecule has 1 atom stereocenters. The topological polar surface area (TPSA) is 20.3 Å². The summed E-state index contributed by atoms with van der Waals surface area (Å²) >= 11 is 3.81. The number of nitrogens with zero attached hydrogens (tertiary/aromatic N) is 1. The van der Waals surface area contributed by atoms with Crippen molar-refractivity contribution < 1.29 is 4.79 Å². The lowest BCUT2D eigenvalue weighted by molar-refractivity contribution is -0.117. The highest BCUT2D eigenvalue weighted by molar-refractivity contribution is 9.09. The summed E-state index contributed by atoms with van der Waals surface area (Å²) < 4.78 is 0. The van der Waals surface area contributed by atoms with Gasteiger partial charge in [0.25, 0.3) is 0 Å². The molecule has 1 heterocycles. The number of rotatable bonds is 4. The van der Waals surface area contributed by atoms with E-state index < -0.39 is 0 Å². The number of carbonyl (C=O) groups excluding carboxylic acids is 1. The molecular formula is C15H20BrNO. The molecule has 1 aromatic rings. The van der Waals surface area contributed by atoms with Gasteiger partial charge in [-0.1, -0.05) is 54.8 Å². The second kappa shape index (κ2) is 5.43. The Labute approximate surface area is 117 Å². The summed E-state index contributed by atoms with van der Waals surface area (Å²) in [5.74, 6) is 0.841. The lowest BCUT2D eigenvalue weighted by Gasteiger charge is -2.21. The van der Waals surface area contributed by atoms with Crippen LogP contribution in [0, 0.1) is 5.92 Å². The van der Waals surface area contributed by atoms with Gasteiger partial charge in [-0.3, -0.25) is 4.79 Å². The van der Waals surface area contributed by atoms with Crippen LogP contribution < -0.4 is 4.90 Å². The van der Waals surface area contributed by atoms with Crippen LogP contribution in [-0.2, 0) is 11.2 Å². The minimum absolute atomic E-state index is 0.191. The Bertz CT molecular complexity index is 454. The molecule has 0 radical (unpaired) electrons. The van der Waals surface area contributed by atoms with Crippen molar-refractivity contribution in [3.63, 3.8) is 0 Å². The molecule has 0 fully saturated rings. The summed E-state index contributed by atoms with van der Waals surface area (Å²) in [6.07, 6.45) is 2.88. The third-order valence-corrected chi connectivity index (χ3v) is 5.24. The van der Waals surface area contributed by atoms with Crippen LogP contribution in [-0.4, -0.2) is 13.0 Å². The van der Waals surface area contributed by atoms with E-state index >= 15 is 0 Å². The van der Waals surface area contributed by atoms with Crippen LogP contribution >= 0.6 is 15.9 Å². The fraction of sp³-hybridized carbons (Fsp3) is 0.533. The molecule has 3 heteroatoms. The summed E-state index contributed by atoms with van der Waals surface area (Å²) in [5.41, 5.74) is 3.52. The van der Waals surface area contributed by atoms with Crippen LogP contribution in [0.3, 0.4) is 0 Å². The molecule has 1 aromatic carbocycles. The fourth-order valence-electron chi connectivity index (χ4n) is 2.64. The fourth-order valence-corrected chi connectivity index (χ4v) is 3.67. The van der Waals surface area contributed by atoms with Gasteiger partial charge in [0.05, 0.1) is 6.42 Å². The van der Waals surface area contributed by atoms with Crippen LogP contribution in [0.15, 0.2) is 18.2 Å². The van der Waals surface area contributed by atoms with Crippen LogP contribution in [0.4, 0.5) is 5.69 Å². The molecule has 0 bridgehead atoms. The number of anilines is 1. The largest absolute Gasteiger partial charge is 0.315 e. The van der Waals surface area contributed by atoms with Crippen molar-refractivity contribution in [2.24, 2.45) is 5.92 Å². The Morgan fingerprint density at radius 1 is 1.33 bits per heavy atom. The zero-order chi connectivity index (χ0) is 13.3. The van der Waals surface area contributed by atoms with Crippen molar-refractivity contribution in [2.45, 2.75) is 37.9 Å². The highest BCUT2D eigenvalue weighted by Gasteiger charge is 2.25. The Hall–Kier alpha value is -0.830. The molecule has 1 aliphatic rings. The molecule has 0 aromatic heterocycles. The molecule has 0 N–H and O–H groups in total. The molecule has 1 unspecified atom stereocenters. The van der Waals surface area contributed by atoms with Crippen LogP contribution in [0.25, 0.3) is 0 Å². The van der Waals surface area contributed by atoms with Gasteiger partial charge in [0.2, 0.25) is 5.91 Å². The number of alkyl halides is 1. The van der Waals surface area contributed by atoms with Crippen molar-refractivity contribution in [2.75, 3.05) is 11.9 Å². The van der Waals surface area contributed by atoms with Crippen LogP contribution in [0.5, 0.6) is 0 Å². The lowest BCUT2D eigenvalue weighted by Crippen LogP contribution is -2.20. The number of hydrogen-bond donors (Lipinski definition) is 0. The molecule has 1 amide bonds. The van der Waals surface area contributed by atoms with E-state index in [9.17, 15) is 4.79 Å². The highest BCUT2D eigenvalue weighted by Crippen LogP contribution is 2.38. The van der Waals surface area contributed by atoms with Crippen molar-refractivity contribution >= 4 is 27.5 Å². The average molecular weight is 310 g/mol. The predicted molar refractivity (Wildman–Crippen MR) is 79.3 cm³/mol. The number of likely N-dealkylation sites (N-methyl/N-ethyl adjacent to an activating group) is 1. The summed E-state index contributed by atoms with van der Waals surface area (Å²) in [7, 11) is 1.85. The number of fused-ring (bicyclic) bond motifs is 1. The van der Waals surface area contributed by atoms with E-state index in [1.807, 2.05) is 7.05 Å². The van der Waals surface area contributed by atoms with E-state index in [0.717, 1.165) is 11.3 Å². The van der Waals surface area contributed by atoms with Crippen LogP contribution in [0.1, 0.15) is 42.6 Å². The lowest BCUT2D eigenvalue weighted by atomic mass is 9.93. The Kier molecular flexibility index (Phi) is 4.10. The van der Waals surface area contributed by atoms with Crippen LogP contribution in [0.2, 0.25) is 0 Å². The number of carbonyl (C=O) groups is 1. The van der Waals surface area contributed by atoms with E-state index in [1.165, 1.54) is 18.4 Å². The van der Waals surface area contributed by atoms with Crippen molar-refractivity contribution in [3.05, 3.63) is 29.3 Å². The molecule has 98 valence electrons. The Morgan fingerprint density at radius 2 is 2.00 bits per heavy atom. The molecule has 0 saturated carbocycles. The molecule has 2 rings (SSSR count). The maximum Gasteiger partial charge on any atom is 0.231 e. The number of halogens is 1. The molecule has 1 aliphatic heterocycles. The van der Waals surface area contributed by atoms with Gasteiger partial charge >= 0.3 is 0 Å². The van der Waals surface area contributed by atoms with Gasteiger partial charge < -0.3 is 4.90 Å². The summed E-state index contributed by atoms with van der Waals surface area (Å²) in [6.45, 7) is 4.46. The second-order valence-corrected chi connectivity index (χ2v) is 5.98. The van der Waals surface area contributed by atoms with Gasteiger partial charge in [0, 0.05) is 17.6 Å². The van der Waals surface area contributed by atoms with E-state index in [4.69, 9.17) is 0 Å². The van der Waals surface area contributed by atoms with Gasteiger partial charge in [0.15, 0.2) is 0 Å². The number of amides is 1. The molecular weight excluding hydrogens is 290 g/mol. The minimum Gasteiger partial charge on any atom is -0.315 e. The van der Waals surface area contributed by atoms with Gasteiger partial charge in [-0.25, -0.2) is 0 Å². The Balaban J connectivity index is 2.28. The maximum absolute atomic E-state index is 11.7. The van der Waals surface area contributed by atoms with E-state index in [0.29, 0.717) is 17.2 Å². The molecule has 2 nitrogen and oxygen atoms in total. The number of benzene rings is 1. The van der Waals surface area contributed by atoms with E-state index in [1.54, 1.807) is 4.90 Å². The third kappa shape index (κ3) is 2.33. The summed E-state index contributed by atoms with van der Waals surface area (Å²) in [6, 6.07) is 6.41. The van der Waals surface area contributed by atoms with Gasteiger partial charge in [0.1, 0.15) is 0 Å². The highest BCUT2D eigenvalue weighted by atomic mass is 79.9. The summed E-state index contributed by atoms with van der Waals surface area (Å²) in [4.78, 5) is 13.8. The number of hydrogen-bond acceptors (Lipinski definition) is 1. The molecule has 18 heavy (non-hydrogen) atoms. The predicted octanol–water partition coefficient (Wildman–Crippen LogP) is 4.08. The van der Waals surface area contributed by atoms with Gasteiger partial charge in [-0.05, 0) is 23.1 Å². The van der Waals surface area contributed by atoms with Gasteiger partial charge in [-0.2, -0.15) is 0 Å². The zero-order valence-corrected chi connectivity index (χ0v) is 12.8. The van der Waals surface area contributed by atoms with E-state index in [-0.39, 0.29) is 5.91 Å². The quantitative estimate of drug-likeness (QED) is 0.768. The second-order valence-electron chi connectivity index (χ2n) is 5.00. The standard InChI is InChI=1S/C15H20BrNO/c1-4-10(5-2)15(16)11-6-7-13-12(8-11)9-14(18)17(13)3/h6-8,10,15H,4-5,9H2,1-3H3. The normalized spacial score (nSPS) is 16.3. The van der Waals surface area contributed by atoms with Crippen molar-refractivity contribution in [1.29, 1.82) is 0 Å². The first-order valence-corrected chi connectivity index (χ1v) is 7.53. The van der Waals surface area contributed by atoms with Crippen molar-refractivity contribution in [3.8, 4) is 0 Å². The first-order chi connectivity index (χ1) is 8.58. The smallest absolute Gasteiger partial charge is 0.231 e. The third-order valence-electron chi connectivity index (χ3n) is 3.96. The van der Waals surface area contributed by atoms with Crippen molar-refractivity contribution in [1.82, 2.24) is 0 Å². The average Bonchev–Trinajstić information content (AvgIpc) is 2.66. The molecule has 0 spiro atoms. The van der Waals surface area contributed by atoms with Gasteiger partial charge in [-0.15, -0.1) is 0 Å². The van der Waals surface area contributed by atoms with E-state index in [2.05, 4.69) is 48.0 Å². The molecule has 0 aliphatic carbocycles. The zero-order valence-electron chi connectivity index (χ0n) is 11.2. The Morgan fingerprint density at radius 3 is 2.61 bits per heavy atom. The first-order valence-electron chi connectivity index (χ1n) is 6.61. The summed E-state index contributed by atoms with van der Waals surface area (Å²) in [5, 5.41) is 0. The monoisotopic (exact) mass is 309 g/mol. The first kappa shape index (κ1) is 13.6. The minimum atomic E-state index is 0.191.